The summed E-state index contributed by atoms with van der Waals surface area (Å²) in [6.07, 6.45) is 1.66. The lowest BCUT2D eigenvalue weighted by Gasteiger charge is -2.24. The molecule has 166 valence electrons. The summed E-state index contributed by atoms with van der Waals surface area (Å²) >= 11 is 7.76. The number of thiophene rings is 1. The van der Waals surface area contributed by atoms with Crippen molar-refractivity contribution < 1.29 is 13.9 Å². The third kappa shape index (κ3) is 4.46. The van der Waals surface area contributed by atoms with Gasteiger partial charge in [-0.25, -0.2) is 9.38 Å². The van der Waals surface area contributed by atoms with Gasteiger partial charge in [-0.3, -0.25) is 4.90 Å². The highest BCUT2D eigenvalue weighted by Crippen LogP contribution is 2.40. The second kappa shape index (κ2) is 9.10. The molecule has 0 amide bonds. The smallest absolute Gasteiger partial charge is 0.163 e. The van der Waals surface area contributed by atoms with Crippen LogP contribution in [-0.4, -0.2) is 44.3 Å². The molecule has 0 unspecified atom stereocenters. The third-order valence-electron chi connectivity index (χ3n) is 5.66. The molecule has 0 radical (unpaired) electrons. The fourth-order valence-electron chi connectivity index (χ4n) is 3.90. The van der Waals surface area contributed by atoms with Crippen molar-refractivity contribution in [1.82, 2.24) is 4.90 Å². The molecule has 8 heteroatoms. The van der Waals surface area contributed by atoms with E-state index < -0.39 is 6.17 Å². The molecule has 0 spiro atoms. The Morgan fingerprint density at radius 2 is 2.00 bits per heavy atom. The molecule has 0 saturated carbocycles. The Bertz CT molecular complexity index is 1130. The molecular weight excluding hydrogens is 449 g/mol. The molecule has 1 saturated heterocycles. The Hall–Kier alpha value is -2.61. The summed E-state index contributed by atoms with van der Waals surface area (Å²) in [5.41, 5.74) is 3.10. The zero-order valence-electron chi connectivity index (χ0n) is 17.6. The van der Waals surface area contributed by atoms with Crippen LogP contribution in [0.3, 0.4) is 0 Å². The van der Waals surface area contributed by atoms with Crippen LogP contribution in [0.1, 0.15) is 11.3 Å². The predicted molar refractivity (Wildman–Crippen MR) is 129 cm³/mol. The van der Waals surface area contributed by atoms with E-state index in [-0.39, 0.29) is 0 Å². The van der Waals surface area contributed by atoms with Gasteiger partial charge >= 0.3 is 0 Å². The highest BCUT2D eigenvalue weighted by molar-refractivity contribution is 7.16. The molecule has 0 N–H and O–H groups in total. The summed E-state index contributed by atoms with van der Waals surface area (Å²) in [6, 6.07) is 15.8. The van der Waals surface area contributed by atoms with Crippen LogP contribution in [0.25, 0.3) is 10.4 Å². The van der Waals surface area contributed by atoms with Crippen molar-refractivity contribution in [2.24, 2.45) is 4.99 Å². The Morgan fingerprint density at radius 1 is 1.16 bits per heavy atom. The van der Waals surface area contributed by atoms with E-state index in [1.807, 2.05) is 53.7 Å². The fraction of sp³-hybridized carbons (Fsp3) is 0.292. The van der Waals surface area contributed by atoms with Gasteiger partial charge in [-0.2, -0.15) is 0 Å². The van der Waals surface area contributed by atoms with E-state index in [0.29, 0.717) is 37.7 Å². The molecule has 5 rings (SSSR count). The number of benzene rings is 2. The number of methoxy groups -OCH3 is 1. The van der Waals surface area contributed by atoms with Crippen LogP contribution in [0.15, 0.2) is 53.5 Å². The molecule has 32 heavy (non-hydrogen) atoms. The standard InChI is InChI=1S/C24H23ClFN3O2S/c1-30-22-10-19(6-7-21(22)31-15-28-9-8-18(26)12-28)29-13-24-20(27-14-29)11-23(32-24)16-2-4-17(25)5-3-16/h2-7,10-11,14,18H,8-9,12-13,15H2,1H3/t18-/m0/s1. The van der Waals surface area contributed by atoms with Crippen LogP contribution in [0.5, 0.6) is 11.5 Å². The number of hydrogen-bond donors (Lipinski definition) is 0. The molecule has 2 aliphatic heterocycles. The van der Waals surface area contributed by atoms with Gasteiger partial charge in [-0.15, -0.1) is 11.3 Å². The molecule has 0 aliphatic carbocycles. The number of fused-ring (bicyclic) bond motifs is 1. The summed E-state index contributed by atoms with van der Waals surface area (Å²) in [5.74, 6) is 1.29. The highest BCUT2D eigenvalue weighted by atomic mass is 35.5. The Balaban J connectivity index is 1.30. The minimum Gasteiger partial charge on any atom is -0.493 e. The number of anilines is 1. The first-order valence-corrected chi connectivity index (χ1v) is 11.7. The number of rotatable bonds is 6. The van der Waals surface area contributed by atoms with E-state index in [2.05, 4.69) is 16.0 Å². The van der Waals surface area contributed by atoms with Gasteiger partial charge in [0.05, 0.1) is 30.6 Å². The second-order valence-corrected chi connectivity index (χ2v) is 9.44. The van der Waals surface area contributed by atoms with Crippen molar-refractivity contribution in [3.63, 3.8) is 0 Å². The largest absolute Gasteiger partial charge is 0.493 e. The number of aliphatic imine (C=N–C) groups is 1. The summed E-state index contributed by atoms with van der Waals surface area (Å²) in [6.45, 7) is 2.22. The van der Waals surface area contributed by atoms with Gasteiger partial charge in [0.25, 0.3) is 0 Å². The minimum atomic E-state index is -0.761. The van der Waals surface area contributed by atoms with Gasteiger partial charge in [0.15, 0.2) is 11.5 Å². The number of nitrogens with zero attached hydrogens (tertiary/aromatic N) is 3. The van der Waals surface area contributed by atoms with Gasteiger partial charge in [-0.1, -0.05) is 23.7 Å². The predicted octanol–water partition coefficient (Wildman–Crippen LogP) is 6.14. The fourth-order valence-corrected chi connectivity index (χ4v) is 5.14. The molecular formula is C24H23ClFN3O2S. The Morgan fingerprint density at radius 3 is 2.75 bits per heavy atom. The number of hydrogen-bond acceptors (Lipinski definition) is 6. The maximum absolute atomic E-state index is 13.4. The van der Waals surface area contributed by atoms with Gasteiger partial charge in [0, 0.05) is 34.7 Å². The molecule has 3 heterocycles. The maximum Gasteiger partial charge on any atom is 0.163 e. The summed E-state index contributed by atoms with van der Waals surface area (Å²) < 4.78 is 24.8. The first-order valence-electron chi connectivity index (χ1n) is 10.5. The number of likely N-dealkylation sites (tertiary alicyclic amines) is 1. The average Bonchev–Trinajstić information content (AvgIpc) is 3.43. The lowest BCUT2D eigenvalue weighted by atomic mass is 10.2. The number of ether oxygens (including phenoxy) is 2. The number of alkyl halides is 1. The van der Waals surface area contributed by atoms with Gasteiger partial charge in [0.1, 0.15) is 12.9 Å². The second-order valence-electron chi connectivity index (χ2n) is 7.87. The summed E-state index contributed by atoms with van der Waals surface area (Å²) in [4.78, 5) is 11.1. The highest BCUT2D eigenvalue weighted by Gasteiger charge is 2.23. The zero-order chi connectivity index (χ0) is 22.1. The van der Waals surface area contributed by atoms with Crippen molar-refractivity contribution >= 4 is 40.7 Å². The number of halogens is 2. The Kier molecular flexibility index (Phi) is 6.04. The van der Waals surface area contributed by atoms with Crippen LogP contribution in [0.4, 0.5) is 15.8 Å². The first-order chi connectivity index (χ1) is 15.6. The topological polar surface area (TPSA) is 37.3 Å². The van der Waals surface area contributed by atoms with Crippen molar-refractivity contribution in [3.05, 3.63) is 58.4 Å². The van der Waals surface area contributed by atoms with Gasteiger partial charge in [0.2, 0.25) is 0 Å². The van der Waals surface area contributed by atoms with E-state index in [0.717, 1.165) is 28.5 Å². The summed E-state index contributed by atoms with van der Waals surface area (Å²) in [5, 5.41) is 0.729. The summed E-state index contributed by atoms with van der Waals surface area (Å²) in [7, 11) is 1.62. The van der Waals surface area contributed by atoms with Crippen molar-refractivity contribution in [2.45, 2.75) is 19.1 Å². The third-order valence-corrected chi connectivity index (χ3v) is 7.07. The van der Waals surface area contributed by atoms with Crippen LogP contribution in [-0.2, 0) is 6.54 Å². The molecule has 1 aromatic heterocycles. The van der Waals surface area contributed by atoms with Crippen LogP contribution >= 0.6 is 22.9 Å². The van der Waals surface area contributed by atoms with Crippen molar-refractivity contribution in [1.29, 1.82) is 0 Å². The Labute approximate surface area is 195 Å². The van der Waals surface area contributed by atoms with Gasteiger partial charge in [-0.05, 0) is 42.3 Å². The monoisotopic (exact) mass is 471 g/mol. The van der Waals surface area contributed by atoms with Crippen molar-refractivity contribution in [3.8, 4) is 21.9 Å². The lowest BCUT2D eigenvalue weighted by Crippen LogP contribution is -2.26. The van der Waals surface area contributed by atoms with E-state index in [4.69, 9.17) is 21.1 Å². The minimum absolute atomic E-state index is 0.354. The molecule has 2 aliphatic rings. The van der Waals surface area contributed by atoms with E-state index in [1.54, 1.807) is 18.4 Å². The molecule has 3 aromatic rings. The van der Waals surface area contributed by atoms with E-state index in [1.165, 1.54) is 9.75 Å². The zero-order valence-corrected chi connectivity index (χ0v) is 19.2. The molecule has 1 fully saturated rings. The van der Waals surface area contributed by atoms with Crippen molar-refractivity contribution in [2.75, 3.05) is 31.8 Å². The molecule has 2 aromatic carbocycles. The normalized spacial score (nSPS) is 18.1. The average molecular weight is 472 g/mol. The SMILES string of the molecule is COc1cc(N2C=Nc3cc(-c4ccc(Cl)cc4)sc3C2)ccc1OCN1CC[C@H](F)C1. The van der Waals surface area contributed by atoms with Crippen LogP contribution in [0, 0.1) is 0 Å². The van der Waals surface area contributed by atoms with E-state index in [9.17, 15) is 4.39 Å². The molecule has 0 bridgehead atoms. The molecule has 5 nitrogen and oxygen atoms in total. The lowest BCUT2D eigenvalue weighted by molar-refractivity contribution is 0.139. The van der Waals surface area contributed by atoms with Crippen LogP contribution in [0.2, 0.25) is 5.02 Å². The first kappa shape index (κ1) is 21.2. The molecule has 1 atom stereocenters. The quantitative estimate of drug-likeness (QED) is 0.433. The maximum atomic E-state index is 13.4. The van der Waals surface area contributed by atoms with Crippen LogP contribution < -0.4 is 14.4 Å². The van der Waals surface area contributed by atoms with E-state index >= 15 is 0 Å². The van der Waals surface area contributed by atoms with Gasteiger partial charge < -0.3 is 14.4 Å².